The van der Waals surface area contributed by atoms with Gasteiger partial charge in [0.15, 0.2) is 5.78 Å². The molecule has 4 heteroatoms. The van der Waals surface area contributed by atoms with Crippen molar-refractivity contribution in [1.82, 2.24) is 9.55 Å². The van der Waals surface area contributed by atoms with Gasteiger partial charge in [0, 0.05) is 12.1 Å². The summed E-state index contributed by atoms with van der Waals surface area (Å²) >= 11 is 0. The SMILES string of the molecule is O=C(CO)c1ccc(Cn2cnc3ccccc32)cc1. The largest absolute Gasteiger partial charge is 0.388 e. The number of hydrogen-bond donors (Lipinski definition) is 1. The highest BCUT2D eigenvalue weighted by molar-refractivity contribution is 5.96. The van der Waals surface area contributed by atoms with E-state index in [-0.39, 0.29) is 5.78 Å². The van der Waals surface area contributed by atoms with Gasteiger partial charge in [-0.1, -0.05) is 36.4 Å². The summed E-state index contributed by atoms with van der Waals surface area (Å²) in [6.07, 6.45) is 1.82. The van der Waals surface area contributed by atoms with Crippen LogP contribution in [0, 0.1) is 0 Å². The van der Waals surface area contributed by atoms with Crippen molar-refractivity contribution in [2.45, 2.75) is 6.54 Å². The summed E-state index contributed by atoms with van der Waals surface area (Å²) in [6, 6.07) is 15.3. The summed E-state index contributed by atoms with van der Waals surface area (Å²) in [7, 11) is 0. The molecule has 0 radical (unpaired) electrons. The maximum Gasteiger partial charge on any atom is 0.188 e. The molecule has 1 aromatic heterocycles. The van der Waals surface area contributed by atoms with E-state index in [0.29, 0.717) is 12.1 Å². The highest BCUT2D eigenvalue weighted by Gasteiger charge is 2.05. The van der Waals surface area contributed by atoms with Crippen LogP contribution in [0.15, 0.2) is 54.9 Å². The Morgan fingerprint density at radius 3 is 2.60 bits per heavy atom. The number of nitrogens with zero attached hydrogens (tertiary/aromatic N) is 2. The average molecular weight is 266 g/mol. The number of para-hydroxylation sites is 2. The molecule has 100 valence electrons. The zero-order chi connectivity index (χ0) is 13.9. The van der Waals surface area contributed by atoms with Gasteiger partial charge in [0.1, 0.15) is 6.61 Å². The maximum atomic E-state index is 11.4. The van der Waals surface area contributed by atoms with Crippen LogP contribution in [-0.4, -0.2) is 27.0 Å². The lowest BCUT2D eigenvalue weighted by molar-refractivity contribution is 0.0903. The van der Waals surface area contributed by atoms with Crippen molar-refractivity contribution in [3.63, 3.8) is 0 Å². The predicted octanol–water partition coefficient (Wildman–Crippen LogP) is 2.26. The second-order valence-electron chi connectivity index (χ2n) is 4.64. The van der Waals surface area contributed by atoms with Gasteiger partial charge >= 0.3 is 0 Å². The minimum Gasteiger partial charge on any atom is -0.388 e. The summed E-state index contributed by atoms with van der Waals surface area (Å²) in [4.78, 5) is 15.7. The number of aromatic nitrogens is 2. The molecule has 3 aromatic rings. The van der Waals surface area contributed by atoms with E-state index in [1.54, 1.807) is 12.1 Å². The van der Waals surface area contributed by atoms with Crippen molar-refractivity contribution >= 4 is 16.8 Å². The third kappa shape index (κ3) is 2.33. The predicted molar refractivity (Wildman–Crippen MR) is 76.7 cm³/mol. The van der Waals surface area contributed by atoms with E-state index in [4.69, 9.17) is 5.11 Å². The van der Waals surface area contributed by atoms with E-state index >= 15 is 0 Å². The van der Waals surface area contributed by atoms with Crippen LogP contribution in [0.4, 0.5) is 0 Å². The number of benzene rings is 2. The monoisotopic (exact) mass is 266 g/mol. The number of fused-ring (bicyclic) bond motifs is 1. The van der Waals surface area contributed by atoms with E-state index in [1.165, 1.54) is 0 Å². The first-order valence-electron chi connectivity index (χ1n) is 6.41. The molecular formula is C16H14N2O2. The molecule has 0 aliphatic carbocycles. The van der Waals surface area contributed by atoms with Gasteiger partial charge in [0.2, 0.25) is 0 Å². The van der Waals surface area contributed by atoms with Gasteiger partial charge in [-0.05, 0) is 17.7 Å². The quantitative estimate of drug-likeness (QED) is 0.737. The minimum absolute atomic E-state index is 0.260. The Morgan fingerprint density at radius 1 is 1.10 bits per heavy atom. The summed E-state index contributed by atoms with van der Waals surface area (Å²) < 4.78 is 2.07. The molecule has 0 atom stereocenters. The fourth-order valence-electron chi connectivity index (χ4n) is 2.22. The summed E-state index contributed by atoms with van der Waals surface area (Å²) in [5.74, 6) is -0.260. The molecular weight excluding hydrogens is 252 g/mol. The molecule has 20 heavy (non-hydrogen) atoms. The number of hydrogen-bond acceptors (Lipinski definition) is 3. The summed E-state index contributed by atoms with van der Waals surface area (Å²) in [5, 5.41) is 8.82. The highest BCUT2D eigenvalue weighted by atomic mass is 16.3. The number of aliphatic hydroxyl groups excluding tert-OH is 1. The fourth-order valence-corrected chi connectivity index (χ4v) is 2.22. The summed E-state index contributed by atoms with van der Waals surface area (Å²) in [6.45, 7) is 0.250. The Hall–Kier alpha value is -2.46. The van der Waals surface area contributed by atoms with Crippen LogP contribution in [0.3, 0.4) is 0 Å². The standard InChI is InChI=1S/C16H14N2O2/c19-10-16(20)13-7-5-12(6-8-13)9-18-11-17-14-3-1-2-4-15(14)18/h1-8,11,19H,9-10H2. The molecule has 2 aromatic carbocycles. The lowest BCUT2D eigenvalue weighted by atomic mass is 10.1. The van der Waals surface area contributed by atoms with Crippen molar-refractivity contribution in [3.8, 4) is 0 Å². The smallest absolute Gasteiger partial charge is 0.188 e. The number of aliphatic hydroxyl groups is 1. The van der Waals surface area contributed by atoms with Crippen LogP contribution >= 0.6 is 0 Å². The van der Waals surface area contributed by atoms with Crippen molar-refractivity contribution in [1.29, 1.82) is 0 Å². The van der Waals surface area contributed by atoms with Crippen LogP contribution in [-0.2, 0) is 6.54 Å². The molecule has 0 unspecified atom stereocenters. The van der Waals surface area contributed by atoms with E-state index < -0.39 is 6.61 Å². The van der Waals surface area contributed by atoms with Gasteiger partial charge in [0.25, 0.3) is 0 Å². The molecule has 0 bridgehead atoms. The molecule has 0 saturated heterocycles. The third-order valence-electron chi connectivity index (χ3n) is 3.30. The van der Waals surface area contributed by atoms with Crippen molar-refractivity contribution in [3.05, 3.63) is 66.0 Å². The number of carbonyl (C=O) groups excluding carboxylic acids is 1. The Balaban J connectivity index is 1.86. The number of ketones is 1. The molecule has 1 heterocycles. The van der Waals surface area contributed by atoms with E-state index in [1.807, 2.05) is 42.7 Å². The Bertz CT molecular complexity index is 745. The number of imidazole rings is 1. The van der Waals surface area contributed by atoms with Crippen LogP contribution in [0.2, 0.25) is 0 Å². The van der Waals surface area contributed by atoms with Gasteiger partial charge in [-0.3, -0.25) is 4.79 Å². The molecule has 1 N–H and O–H groups in total. The maximum absolute atomic E-state index is 11.4. The average Bonchev–Trinajstić information content (AvgIpc) is 2.91. The van der Waals surface area contributed by atoms with Crippen molar-refractivity contribution < 1.29 is 9.90 Å². The molecule has 0 fully saturated rings. The van der Waals surface area contributed by atoms with Gasteiger partial charge in [-0.25, -0.2) is 4.98 Å². The Morgan fingerprint density at radius 2 is 1.85 bits per heavy atom. The highest BCUT2D eigenvalue weighted by Crippen LogP contribution is 2.14. The summed E-state index contributed by atoms with van der Waals surface area (Å²) in [5.41, 5.74) is 3.68. The van der Waals surface area contributed by atoms with Crippen molar-refractivity contribution in [2.24, 2.45) is 0 Å². The Labute approximate surface area is 116 Å². The van der Waals surface area contributed by atoms with Gasteiger partial charge < -0.3 is 9.67 Å². The normalized spacial score (nSPS) is 10.8. The number of carbonyl (C=O) groups is 1. The van der Waals surface area contributed by atoms with Crippen LogP contribution < -0.4 is 0 Å². The second-order valence-corrected chi connectivity index (χ2v) is 4.64. The van der Waals surface area contributed by atoms with E-state index in [2.05, 4.69) is 9.55 Å². The fraction of sp³-hybridized carbons (Fsp3) is 0.125. The Kier molecular flexibility index (Phi) is 3.31. The first-order valence-corrected chi connectivity index (χ1v) is 6.41. The first-order chi connectivity index (χ1) is 9.78. The third-order valence-corrected chi connectivity index (χ3v) is 3.30. The molecule has 0 amide bonds. The second kappa shape index (κ2) is 5.27. The van der Waals surface area contributed by atoms with Gasteiger partial charge in [-0.15, -0.1) is 0 Å². The number of Topliss-reactive ketones (excluding diaryl/α,β-unsaturated/α-hetero) is 1. The lowest BCUT2D eigenvalue weighted by Crippen LogP contribution is -2.04. The van der Waals surface area contributed by atoms with Gasteiger partial charge in [0.05, 0.1) is 17.4 Å². The van der Waals surface area contributed by atoms with Crippen LogP contribution in [0.5, 0.6) is 0 Å². The molecule has 0 aliphatic rings. The molecule has 0 spiro atoms. The molecule has 0 aliphatic heterocycles. The van der Waals surface area contributed by atoms with Gasteiger partial charge in [-0.2, -0.15) is 0 Å². The minimum atomic E-state index is -0.453. The zero-order valence-electron chi connectivity index (χ0n) is 10.9. The lowest BCUT2D eigenvalue weighted by Gasteiger charge is -2.05. The molecule has 3 rings (SSSR count). The topological polar surface area (TPSA) is 55.1 Å². The van der Waals surface area contributed by atoms with Crippen LogP contribution in [0.25, 0.3) is 11.0 Å². The van der Waals surface area contributed by atoms with Crippen molar-refractivity contribution in [2.75, 3.05) is 6.61 Å². The molecule has 4 nitrogen and oxygen atoms in total. The van der Waals surface area contributed by atoms with E-state index in [0.717, 1.165) is 16.6 Å². The molecule has 0 saturated carbocycles. The van der Waals surface area contributed by atoms with E-state index in [9.17, 15) is 4.79 Å². The number of rotatable bonds is 4. The van der Waals surface area contributed by atoms with Crippen LogP contribution in [0.1, 0.15) is 15.9 Å². The first kappa shape index (κ1) is 12.6. The zero-order valence-corrected chi connectivity index (χ0v) is 10.9.